The zero-order valence-corrected chi connectivity index (χ0v) is 12.3. The van der Waals surface area contributed by atoms with Crippen LogP contribution in [0.3, 0.4) is 0 Å². The number of hydrogen-bond donors (Lipinski definition) is 2. The summed E-state index contributed by atoms with van der Waals surface area (Å²) in [5.74, 6) is -0.188. The van der Waals surface area contributed by atoms with Crippen molar-refractivity contribution in [2.75, 3.05) is 13.2 Å². The highest BCUT2D eigenvalue weighted by molar-refractivity contribution is 5.77. The van der Waals surface area contributed by atoms with Crippen LogP contribution in [-0.2, 0) is 11.3 Å². The summed E-state index contributed by atoms with van der Waals surface area (Å²) < 4.78 is 18.8. The number of rotatable bonds is 8. The quantitative estimate of drug-likeness (QED) is 0.769. The van der Waals surface area contributed by atoms with Gasteiger partial charge < -0.3 is 15.4 Å². The fraction of sp³-hybridized carbons (Fsp3) is 0.533. The molecule has 0 spiro atoms. The van der Waals surface area contributed by atoms with Gasteiger partial charge in [0.05, 0.1) is 0 Å². The molecular formula is C15H23FN2O2. The lowest BCUT2D eigenvalue weighted by Gasteiger charge is -2.12. The lowest BCUT2D eigenvalue weighted by atomic mass is 10.2. The van der Waals surface area contributed by atoms with Crippen molar-refractivity contribution in [3.8, 4) is 5.75 Å². The molecule has 0 radical (unpaired) electrons. The van der Waals surface area contributed by atoms with Crippen LogP contribution in [-0.4, -0.2) is 25.1 Å². The topological polar surface area (TPSA) is 50.4 Å². The number of halogens is 1. The first-order chi connectivity index (χ1) is 9.55. The molecule has 1 amide bonds. The number of carbonyl (C=O) groups excluding carboxylic acids is 1. The lowest BCUT2D eigenvalue weighted by Crippen LogP contribution is -2.35. The second-order valence-electron chi connectivity index (χ2n) is 4.74. The van der Waals surface area contributed by atoms with Crippen LogP contribution in [0.4, 0.5) is 4.39 Å². The summed E-state index contributed by atoms with van der Waals surface area (Å²) in [6.45, 7) is 7.18. The Morgan fingerprint density at radius 2 is 2.10 bits per heavy atom. The van der Waals surface area contributed by atoms with Crippen LogP contribution < -0.4 is 15.4 Å². The van der Waals surface area contributed by atoms with Crippen molar-refractivity contribution in [2.45, 2.75) is 39.8 Å². The van der Waals surface area contributed by atoms with Crippen LogP contribution in [0.5, 0.6) is 5.75 Å². The largest absolute Gasteiger partial charge is 0.484 e. The van der Waals surface area contributed by atoms with Crippen molar-refractivity contribution >= 4 is 5.91 Å². The average molecular weight is 282 g/mol. The lowest BCUT2D eigenvalue weighted by molar-refractivity contribution is -0.123. The van der Waals surface area contributed by atoms with Crippen LogP contribution in [0.2, 0.25) is 0 Å². The third-order valence-electron chi connectivity index (χ3n) is 2.90. The maximum Gasteiger partial charge on any atom is 0.258 e. The normalized spacial score (nSPS) is 12.0. The number of hydrogen-bond acceptors (Lipinski definition) is 3. The Bertz CT molecular complexity index is 438. The molecule has 1 aromatic rings. The van der Waals surface area contributed by atoms with Gasteiger partial charge in [-0.25, -0.2) is 4.39 Å². The van der Waals surface area contributed by atoms with E-state index in [1.165, 1.54) is 12.1 Å². The van der Waals surface area contributed by atoms with E-state index in [1.807, 2.05) is 20.8 Å². The summed E-state index contributed by atoms with van der Waals surface area (Å²) >= 11 is 0. The third-order valence-corrected chi connectivity index (χ3v) is 2.90. The molecule has 0 aliphatic rings. The summed E-state index contributed by atoms with van der Waals surface area (Å²) in [6, 6.07) is 4.59. The van der Waals surface area contributed by atoms with Gasteiger partial charge in [0, 0.05) is 18.7 Å². The molecular weight excluding hydrogens is 259 g/mol. The second kappa shape index (κ2) is 8.53. The van der Waals surface area contributed by atoms with Crippen LogP contribution in [0.15, 0.2) is 18.2 Å². The Balaban J connectivity index is 2.54. The number of benzene rings is 1. The van der Waals surface area contributed by atoms with E-state index in [0.717, 1.165) is 18.5 Å². The Morgan fingerprint density at radius 3 is 2.75 bits per heavy atom. The molecule has 0 heterocycles. The zero-order valence-electron chi connectivity index (χ0n) is 12.3. The van der Waals surface area contributed by atoms with Crippen molar-refractivity contribution in [1.29, 1.82) is 0 Å². The van der Waals surface area contributed by atoms with Gasteiger partial charge in [-0.05, 0) is 37.6 Å². The third kappa shape index (κ3) is 6.02. The molecule has 2 N–H and O–H groups in total. The van der Waals surface area contributed by atoms with Crippen molar-refractivity contribution in [1.82, 2.24) is 10.6 Å². The number of ether oxygens (including phenoxy) is 1. The average Bonchev–Trinajstić information content (AvgIpc) is 2.42. The minimum absolute atomic E-state index is 0.103. The van der Waals surface area contributed by atoms with Gasteiger partial charge in [0.2, 0.25) is 0 Å². The first kappa shape index (κ1) is 16.4. The minimum Gasteiger partial charge on any atom is -0.484 e. The van der Waals surface area contributed by atoms with Crippen LogP contribution in [0.25, 0.3) is 0 Å². The van der Waals surface area contributed by atoms with E-state index in [1.54, 1.807) is 6.07 Å². The first-order valence-corrected chi connectivity index (χ1v) is 6.97. The highest BCUT2D eigenvalue weighted by atomic mass is 19.1. The molecule has 1 rings (SSSR count). The molecule has 0 aromatic heterocycles. The molecule has 0 bridgehead atoms. The molecule has 112 valence electrons. The van der Waals surface area contributed by atoms with Gasteiger partial charge in [0.25, 0.3) is 5.91 Å². The van der Waals surface area contributed by atoms with E-state index in [9.17, 15) is 9.18 Å². The summed E-state index contributed by atoms with van der Waals surface area (Å²) in [7, 11) is 0. The molecule has 5 heteroatoms. The van der Waals surface area contributed by atoms with Crippen molar-refractivity contribution in [3.63, 3.8) is 0 Å². The van der Waals surface area contributed by atoms with E-state index >= 15 is 0 Å². The van der Waals surface area contributed by atoms with Gasteiger partial charge in [0.1, 0.15) is 11.6 Å². The molecule has 1 unspecified atom stereocenters. The van der Waals surface area contributed by atoms with E-state index in [2.05, 4.69) is 10.6 Å². The van der Waals surface area contributed by atoms with Crippen LogP contribution in [0, 0.1) is 5.82 Å². The monoisotopic (exact) mass is 282 g/mol. The number of carbonyl (C=O) groups is 1. The smallest absolute Gasteiger partial charge is 0.258 e. The van der Waals surface area contributed by atoms with Gasteiger partial charge in [-0.3, -0.25) is 4.79 Å². The van der Waals surface area contributed by atoms with E-state index in [0.29, 0.717) is 12.3 Å². The van der Waals surface area contributed by atoms with Gasteiger partial charge in [-0.15, -0.1) is 0 Å². The Kier molecular flexibility index (Phi) is 7.01. The van der Waals surface area contributed by atoms with Gasteiger partial charge in [-0.1, -0.05) is 13.8 Å². The maximum atomic E-state index is 13.4. The van der Waals surface area contributed by atoms with E-state index in [4.69, 9.17) is 4.74 Å². The highest BCUT2D eigenvalue weighted by Gasteiger charge is 2.07. The standard InChI is InChI=1S/C15H23FN2O2/c1-4-11(3)18-15(19)10-20-14-7-12(9-17-5-2)6-13(16)8-14/h6-8,11,17H,4-5,9-10H2,1-3H3,(H,18,19). The Labute approximate surface area is 119 Å². The van der Waals surface area contributed by atoms with E-state index in [-0.39, 0.29) is 24.4 Å². The fourth-order valence-electron chi connectivity index (χ4n) is 1.64. The molecule has 0 saturated carbocycles. The SMILES string of the molecule is CCNCc1cc(F)cc(OCC(=O)NC(C)CC)c1. The van der Waals surface area contributed by atoms with Crippen molar-refractivity contribution in [2.24, 2.45) is 0 Å². The molecule has 1 aromatic carbocycles. The molecule has 0 aliphatic carbocycles. The Morgan fingerprint density at radius 1 is 1.35 bits per heavy atom. The molecule has 20 heavy (non-hydrogen) atoms. The zero-order chi connectivity index (χ0) is 15.0. The van der Waals surface area contributed by atoms with Gasteiger partial charge in [0.15, 0.2) is 6.61 Å². The summed E-state index contributed by atoms with van der Waals surface area (Å²) in [6.07, 6.45) is 0.860. The summed E-state index contributed by atoms with van der Waals surface area (Å²) in [4.78, 5) is 11.6. The van der Waals surface area contributed by atoms with Crippen LogP contribution >= 0.6 is 0 Å². The number of nitrogens with one attached hydrogen (secondary N) is 2. The molecule has 0 aliphatic heterocycles. The molecule has 4 nitrogen and oxygen atoms in total. The van der Waals surface area contributed by atoms with Crippen LogP contribution in [0.1, 0.15) is 32.8 Å². The highest BCUT2D eigenvalue weighted by Crippen LogP contribution is 2.16. The second-order valence-corrected chi connectivity index (χ2v) is 4.74. The fourth-order valence-corrected chi connectivity index (χ4v) is 1.64. The van der Waals surface area contributed by atoms with Gasteiger partial charge >= 0.3 is 0 Å². The summed E-state index contributed by atoms with van der Waals surface area (Å²) in [5, 5.41) is 5.91. The van der Waals surface area contributed by atoms with Gasteiger partial charge in [-0.2, -0.15) is 0 Å². The molecule has 0 saturated heterocycles. The minimum atomic E-state index is -0.363. The van der Waals surface area contributed by atoms with E-state index < -0.39 is 0 Å². The molecule has 1 atom stereocenters. The maximum absolute atomic E-state index is 13.4. The summed E-state index contributed by atoms with van der Waals surface area (Å²) in [5.41, 5.74) is 0.796. The Hall–Kier alpha value is -1.62. The predicted octanol–water partition coefficient (Wildman–Crippen LogP) is 2.23. The number of amides is 1. The first-order valence-electron chi connectivity index (χ1n) is 6.97. The van der Waals surface area contributed by atoms with Crippen molar-refractivity contribution < 1.29 is 13.9 Å². The van der Waals surface area contributed by atoms with Crippen molar-refractivity contribution in [3.05, 3.63) is 29.6 Å². The molecule has 0 fully saturated rings. The predicted molar refractivity (Wildman–Crippen MR) is 77.2 cm³/mol.